The molecule has 0 radical (unpaired) electrons. The van der Waals surface area contributed by atoms with E-state index in [-0.39, 0.29) is 11.9 Å². The number of hydrogen-bond donors (Lipinski definition) is 0. The van der Waals surface area contributed by atoms with Crippen LogP contribution in [0.15, 0.2) is 53.4 Å². The second-order valence-electron chi connectivity index (χ2n) is 10.0. The molecule has 2 heterocycles. The first kappa shape index (κ1) is 26.9. The van der Waals surface area contributed by atoms with Crippen molar-refractivity contribution < 1.29 is 18.7 Å². The summed E-state index contributed by atoms with van der Waals surface area (Å²) in [4.78, 5) is 23.4. The number of rotatable bonds is 8. The molecule has 0 spiro atoms. The van der Waals surface area contributed by atoms with Crippen LogP contribution in [-0.4, -0.2) is 43.7 Å². The van der Waals surface area contributed by atoms with E-state index in [1.165, 1.54) is 18.2 Å². The minimum atomic E-state index is -0.543. The van der Waals surface area contributed by atoms with Gasteiger partial charge in [-0.1, -0.05) is 15.9 Å². The van der Waals surface area contributed by atoms with Gasteiger partial charge in [-0.2, -0.15) is 0 Å². The van der Waals surface area contributed by atoms with E-state index >= 15 is 0 Å². The van der Waals surface area contributed by atoms with Crippen LogP contribution in [0.25, 0.3) is 21.9 Å². The Kier molecular flexibility index (Phi) is 8.02. The topological polar surface area (TPSA) is 69.5 Å². The largest absolute Gasteiger partial charge is 0.487 e. The molecule has 0 aliphatic rings. The first-order valence-corrected chi connectivity index (χ1v) is 13.2. The lowest BCUT2D eigenvalue weighted by Crippen LogP contribution is -2.46. The molecule has 4 rings (SSSR count). The van der Waals surface area contributed by atoms with Crippen molar-refractivity contribution in [1.29, 1.82) is 0 Å². The summed E-state index contributed by atoms with van der Waals surface area (Å²) < 4.78 is 28.8. The fraction of sp³-hybridized carbons (Fsp3) is 0.393. The first-order chi connectivity index (χ1) is 17.6. The molecule has 2 aromatic carbocycles. The first-order valence-electron chi connectivity index (χ1n) is 12.4. The zero-order chi connectivity index (χ0) is 26.7. The van der Waals surface area contributed by atoms with Crippen LogP contribution in [0.4, 0.5) is 9.18 Å². The van der Waals surface area contributed by atoms with Crippen LogP contribution in [0.5, 0.6) is 11.5 Å². The molecule has 196 valence electrons. The lowest BCUT2D eigenvalue weighted by molar-refractivity contribution is 0.107. The van der Waals surface area contributed by atoms with Crippen molar-refractivity contribution in [2.75, 3.05) is 6.54 Å². The smallest absolute Gasteiger partial charge is 0.415 e. The molecule has 0 saturated carbocycles. The molecule has 2 aromatic heterocycles. The highest BCUT2D eigenvalue weighted by molar-refractivity contribution is 9.10. The van der Waals surface area contributed by atoms with Gasteiger partial charge in [0.05, 0.1) is 29.7 Å². The van der Waals surface area contributed by atoms with Gasteiger partial charge in [0.1, 0.15) is 11.3 Å². The Morgan fingerprint density at radius 3 is 2.65 bits per heavy atom. The Labute approximate surface area is 224 Å². The minimum Gasteiger partial charge on any atom is -0.487 e. The second kappa shape index (κ2) is 11.0. The molecule has 0 bridgehead atoms. The molecule has 0 N–H and O–H groups in total. The van der Waals surface area contributed by atoms with Crippen molar-refractivity contribution in [2.45, 2.75) is 65.6 Å². The van der Waals surface area contributed by atoms with Crippen molar-refractivity contribution in [2.24, 2.45) is 0 Å². The summed E-state index contributed by atoms with van der Waals surface area (Å²) in [6.45, 7) is 10.8. The number of ether oxygens (including phenoxy) is 2. The van der Waals surface area contributed by atoms with E-state index in [0.29, 0.717) is 12.3 Å². The van der Waals surface area contributed by atoms with Crippen molar-refractivity contribution in [3.63, 3.8) is 0 Å². The van der Waals surface area contributed by atoms with Gasteiger partial charge in [-0.3, -0.25) is 4.98 Å². The zero-order valence-corrected chi connectivity index (χ0v) is 23.4. The van der Waals surface area contributed by atoms with Gasteiger partial charge >= 0.3 is 6.09 Å². The summed E-state index contributed by atoms with van der Waals surface area (Å²) in [6.07, 6.45) is 4.47. The highest BCUT2D eigenvalue weighted by Crippen LogP contribution is 2.31. The Balaban J connectivity index is 1.43. The maximum Gasteiger partial charge on any atom is 0.415 e. The lowest BCUT2D eigenvalue weighted by Gasteiger charge is -2.33. The van der Waals surface area contributed by atoms with Crippen molar-refractivity contribution >= 4 is 44.0 Å². The van der Waals surface area contributed by atoms with Crippen LogP contribution in [0.2, 0.25) is 0 Å². The number of hydrogen-bond acceptors (Lipinski definition) is 5. The number of carbonyl (C=O) groups excluding carboxylic acids is 1. The van der Waals surface area contributed by atoms with E-state index in [0.717, 1.165) is 45.8 Å². The fourth-order valence-electron chi connectivity index (χ4n) is 4.41. The number of carbonyl (C=O) groups is 1. The Morgan fingerprint density at radius 1 is 1.14 bits per heavy atom. The zero-order valence-electron chi connectivity index (χ0n) is 21.8. The third kappa shape index (κ3) is 6.21. The summed E-state index contributed by atoms with van der Waals surface area (Å²) >= 11 is 3.55. The predicted molar refractivity (Wildman–Crippen MR) is 147 cm³/mol. The molecule has 0 aliphatic heterocycles. The third-order valence-electron chi connectivity index (χ3n) is 6.19. The third-order valence-corrected chi connectivity index (χ3v) is 6.69. The summed E-state index contributed by atoms with van der Waals surface area (Å²) in [5.74, 6) is -0.0890. The van der Waals surface area contributed by atoms with Gasteiger partial charge in [-0.05, 0) is 77.8 Å². The summed E-state index contributed by atoms with van der Waals surface area (Å²) in [6, 6.07) is 10.0. The standard InChI is InChI=1S/C28H32BrFN4O3/c1-6-34(28(3,4)5)27(35)37-25-15-20(30)10-12-24(25)36-18(2)8-7-13-33-17-32-23-16-31-22-11-9-19(29)14-21(22)26(23)33/h9-12,14-18H,6-8,13H2,1-5H3/t18-/m1/s1. The van der Waals surface area contributed by atoms with Crippen LogP contribution in [0.1, 0.15) is 47.5 Å². The van der Waals surface area contributed by atoms with E-state index in [4.69, 9.17) is 9.47 Å². The number of aromatic nitrogens is 3. The second-order valence-corrected chi connectivity index (χ2v) is 11.0. The molecule has 9 heteroatoms. The number of amides is 1. The summed E-state index contributed by atoms with van der Waals surface area (Å²) in [5.41, 5.74) is 2.39. The normalized spacial score (nSPS) is 12.6. The molecule has 1 amide bonds. The number of nitrogens with zero attached hydrogens (tertiary/aromatic N) is 4. The quantitative estimate of drug-likeness (QED) is 0.221. The SMILES string of the molecule is CCN(C(=O)Oc1cc(F)ccc1O[C@H](C)CCCn1cnc2cnc3ccc(Br)cc3c21)C(C)(C)C. The van der Waals surface area contributed by atoms with Gasteiger partial charge in [0.2, 0.25) is 0 Å². The molecular weight excluding hydrogens is 539 g/mol. The fourth-order valence-corrected chi connectivity index (χ4v) is 4.77. The van der Waals surface area contributed by atoms with Crippen molar-refractivity contribution in [3.05, 3.63) is 59.2 Å². The van der Waals surface area contributed by atoms with Crippen LogP contribution in [0.3, 0.4) is 0 Å². The molecule has 0 aliphatic carbocycles. The van der Waals surface area contributed by atoms with Gasteiger partial charge in [0.15, 0.2) is 11.5 Å². The molecule has 7 nitrogen and oxygen atoms in total. The molecular formula is C28H32BrFN4O3. The van der Waals surface area contributed by atoms with E-state index in [1.807, 2.05) is 53.1 Å². The number of imidazole rings is 1. The van der Waals surface area contributed by atoms with Crippen LogP contribution < -0.4 is 9.47 Å². The van der Waals surface area contributed by atoms with Gasteiger partial charge in [-0.15, -0.1) is 0 Å². The molecule has 1 atom stereocenters. The van der Waals surface area contributed by atoms with Crippen molar-refractivity contribution in [3.8, 4) is 11.5 Å². The number of pyridine rings is 1. The monoisotopic (exact) mass is 570 g/mol. The van der Waals surface area contributed by atoms with Gasteiger partial charge in [0.25, 0.3) is 0 Å². The van der Waals surface area contributed by atoms with Gasteiger partial charge < -0.3 is 18.9 Å². The van der Waals surface area contributed by atoms with Crippen LogP contribution in [-0.2, 0) is 6.54 Å². The lowest BCUT2D eigenvalue weighted by atomic mass is 10.1. The Morgan fingerprint density at radius 2 is 1.92 bits per heavy atom. The molecule has 0 unspecified atom stereocenters. The Bertz CT molecular complexity index is 1420. The van der Waals surface area contributed by atoms with E-state index in [9.17, 15) is 9.18 Å². The highest BCUT2D eigenvalue weighted by atomic mass is 79.9. The van der Waals surface area contributed by atoms with E-state index < -0.39 is 17.4 Å². The summed E-state index contributed by atoms with van der Waals surface area (Å²) in [5, 5.41) is 1.04. The number of aryl methyl sites for hydroxylation is 1. The summed E-state index contributed by atoms with van der Waals surface area (Å²) in [7, 11) is 0. The van der Waals surface area contributed by atoms with E-state index in [1.54, 1.807) is 11.1 Å². The maximum atomic E-state index is 14.0. The van der Waals surface area contributed by atoms with Gasteiger partial charge in [0, 0.05) is 34.6 Å². The Hall–Kier alpha value is -3.20. The van der Waals surface area contributed by atoms with Gasteiger partial charge in [-0.25, -0.2) is 14.2 Å². The van der Waals surface area contributed by atoms with Crippen LogP contribution >= 0.6 is 15.9 Å². The predicted octanol–water partition coefficient (Wildman–Crippen LogP) is 7.35. The van der Waals surface area contributed by atoms with Crippen molar-refractivity contribution in [1.82, 2.24) is 19.4 Å². The average molecular weight is 571 g/mol. The molecule has 37 heavy (non-hydrogen) atoms. The van der Waals surface area contributed by atoms with E-state index in [2.05, 4.69) is 36.5 Å². The minimum absolute atomic E-state index is 0.0738. The molecule has 0 fully saturated rings. The highest BCUT2D eigenvalue weighted by Gasteiger charge is 2.27. The number of fused-ring (bicyclic) bond motifs is 3. The molecule has 0 saturated heterocycles. The number of halogens is 2. The maximum absolute atomic E-state index is 14.0. The van der Waals surface area contributed by atoms with Crippen LogP contribution in [0, 0.1) is 5.82 Å². The average Bonchev–Trinajstić information content (AvgIpc) is 3.24. The molecule has 4 aromatic rings. The number of benzene rings is 2.